The van der Waals surface area contributed by atoms with Crippen LogP contribution in [0, 0.1) is 13.8 Å². The summed E-state index contributed by atoms with van der Waals surface area (Å²) in [6.45, 7) is 5.12. The van der Waals surface area contributed by atoms with Gasteiger partial charge in [-0.15, -0.1) is 21.5 Å². The van der Waals surface area contributed by atoms with Crippen LogP contribution < -0.4 is 10.5 Å². The van der Waals surface area contributed by atoms with Crippen LogP contribution in [0.3, 0.4) is 0 Å². The van der Waals surface area contributed by atoms with Crippen LogP contribution in [0.5, 0.6) is 5.75 Å². The lowest BCUT2D eigenvalue weighted by atomic mass is 10.1. The number of carbonyl (C=O) groups is 1. The molecule has 142 valence electrons. The van der Waals surface area contributed by atoms with Gasteiger partial charge in [0.15, 0.2) is 11.0 Å². The van der Waals surface area contributed by atoms with Crippen molar-refractivity contribution < 1.29 is 9.53 Å². The molecule has 1 amide bonds. The van der Waals surface area contributed by atoms with Crippen molar-refractivity contribution in [2.24, 2.45) is 5.73 Å². The maximum atomic E-state index is 11.2. The Bertz CT molecular complexity index is 907. The molecule has 0 fully saturated rings. The van der Waals surface area contributed by atoms with Gasteiger partial charge in [0.25, 0.3) is 0 Å². The number of thioether (sulfide) groups is 1. The molecule has 0 aliphatic heterocycles. The number of nitrogens with two attached hydrogens (primary N) is 1. The van der Waals surface area contributed by atoms with Gasteiger partial charge in [-0.3, -0.25) is 4.79 Å². The standard InChI is InChI=1S/C19H22N4O2S2/c1-13-5-6-14(2)15(12-13)25-9-11-27-19-22-21-18(16-4-3-10-26-16)23(19)8-7-17(20)24/h3-6,10,12H,7-9,11H2,1-2H3,(H2,20,24). The number of amides is 1. The number of primary amides is 1. The summed E-state index contributed by atoms with van der Waals surface area (Å²) in [5.41, 5.74) is 7.62. The molecule has 0 atom stereocenters. The van der Waals surface area contributed by atoms with E-state index in [2.05, 4.69) is 22.3 Å². The molecule has 0 saturated heterocycles. The molecule has 27 heavy (non-hydrogen) atoms. The Morgan fingerprint density at radius 3 is 2.89 bits per heavy atom. The number of hydrogen-bond acceptors (Lipinski definition) is 6. The van der Waals surface area contributed by atoms with Gasteiger partial charge >= 0.3 is 0 Å². The second-order valence-corrected chi connectivity index (χ2v) is 8.13. The minimum Gasteiger partial charge on any atom is -0.492 e. The van der Waals surface area contributed by atoms with Crippen LogP contribution in [0.1, 0.15) is 17.5 Å². The smallest absolute Gasteiger partial charge is 0.219 e. The summed E-state index contributed by atoms with van der Waals surface area (Å²) in [5.74, 6) is 2.07. The van der Waals surface area contributed by atoms with Crippen LogP contribution in [0.25, 0.3) is 10.7 Å². The third kappa shape index (κ3) is 5.11. The van der Waals surface area contributed by atoms with Crippen molar-refractivity contribution in [1.29, 1.82) is 0 Å². The average Bonchev–Trinajstić information content (AvgIpc) is 3.29. The Balaban J connectivity index is 1.65. The summed E-state index contributed by atoms with van der Waals surface area (Å²) in [6.07, 6.45) is 0.253. The molecule has 6 nitrogen and oxygen atoms in total. The molecule has 0 aliphatic carbocycles. The van der Waals surface area contributed by atoms with Crippen LogP contribution in [-0.4, -0.2) is 33.0 Å². The van der Waals surface area contributed by atoms with Crippen LogP contribution in [-0.2, 0) is 11.3 Å². The molecule has 0 aliphatic rings. The number of hydrogen-bond donors (Lipinski definition) is 1. The Labute approximate surface area is 166 Å². The molecule has 2 heterocycles. The normalized spacial score (nSPS) is 10.9. The van der Waals surface area contributed by atoms with Gasteiger partial charge in [0, 0.05) is 18.7 Å². The van der Waals surface area contributed by atoms with E-state index in [1.165, 1.54) is 5.56 Å². The highest BCUT2D eigenvalue weighted by Gasteiger charge is 2.15. The molecule has 3 aromatic rings. The molecule has 2 aromatic heterocycles. The molecule has 2 N–H and O–H groups in total. The van der Waals surface area contributed by atoms with Crippen molar-refractivity contribution >= 4 is 29.0 Å². The maximum Gasteiger partial charge on any atom is 0.219 e. The molecule has 0 bridgehead atoms. The Kier molecular flexibility index (Phi) is 6.52. The summed E-state index contributed by atoms with van der Waals surface area (Å²) in [7, 11) is 0. The number of rotatable bonds is 9. The summed E-state index contributed by atoms with van der Waals surface area (Å²) in [4.78, 5) is 12.2. The van der Waals surface area contributed by atoms with E-state index in [1.807, 2.05) is 42.0 Å². The van der Waals surface area contributed by atoms with Gasteiger partial charge in [-0.2, -0.15) is 0 Å². The minimum absolute atomic E-state index is 0.253. The molecule has 0 radical (unpaired) electrons. The Morgan fingerprint density at radius 1 is 1.30 bits per heavy atom. The molecule has 8 heteroatoms. The van der Waals surface area contributed by atoms with Crippen LogP contribution in [0.4, 0.5) is 0 Å². The lowest BCUT2D eigenvalue weighted by Gasteiger charge is -2.11. The highest BCUT2D eigenvalue weighted by Crippen LogP contribution is 2.27. The van der Waals surface area contributed by atoms with E-state index in [1.54, 1.807) is 23.1 Å². The van der Waals surface area contributed by atoms with Crippen molar-refractivity contribution in [3.8, 4) is 16.5 Å². The minimum atomic E-state index is -0.338. The van der Waals surface area contributed by atoms with Crippen LogP contribution in [0.15, 0.2) is 40.9 Å². The van der Waals surface area contributed by atoms with Crippen molar-refractivity contribution in [3.05, 3.63) is 46.8 Å². The summed E-state index contributed by atoms with van der Waals surface area (Å²) < 4.78 is 7.86. The van der Waals surface area contributed by atoms with Gasteiger partial charge in [0.2, 0.25) is 5.91 Å². The number of aromatic nitrogens is 3. The fourth-order valence-electron chi connectivity index (χ4n) is 2.55. The van der Waals surface area contributed by atoms with E-state index in [4.69, 9.17) is 10.5 Å². The summed E-state index contributed by atoms with van der Waals surface area (Å²) in [5, 5.41) is 11.4. The predicted octanol–water partition coefficient (Wildman–Crippen LogP) is 3.67. The lowest BCUT2D eigenvalue weighted by molar-refractivity contribution is -0.118. The van der Waals surface area contributed by atoms with E-state index in [9.17, 15) is 4.79 Å². The maximum absolute atomic E-state index is 11.2. The number of nitrogens with zero attached hydrogens (tertiary/aromatic N) is 3. The topological polar surface area (TPSA) is 83.0 Å². The van der Waals surface area contributed by atoms with Gasteiger partial charge < -0.3 is 15.0 Å². The first kappa shape index (κ1) is 19.4. The van der Waals surface area contributed by atoms with E-state index in [0.717, 1.165) is 32.9 Å². The highest BCUT2D eigenvalue weighted by atomic mass is 32.2. The van der Waals surface area contributed by atoms with Crippen LogP contribution in [0.2, 0.25) is 0 Å². The number of aryl methyl sites for hydroxylation is 2. The van der Waals surface area contributed by atoms with Crippen LogP contribution >= 0.6 is 23.1 Å². The van der Waals surface area contributed by atoms with Crippen molar-refractivity contribution in [3.63, 3.8) is 0 Å². The molecule has 0 spiro atoms. The second kappa shape index (κ2) is 9.05. The number of ether oxygens (including phenoxy) is 1. The van der Waals surface area contributed by atoms with Crippen molar-refractivity contribution in [2.75, 3.05) is 12.4 Å². The quantitative estimate of drug-likeness (QED) is 0.436. The van der Waals surface area contributed by atoms with Gasteiger partial charge in [-0.1, -0.05) is 30.0 Å². The largest absolute Gasteiger partial charge is 0.492 e. The third-order valence-electron chi connectivity index (χ3n) is 3.96. The van der Waals surface area contributed by atoms with E-state index < -0.39 is 0 Å². The van der Waals surface area contributed by atoms with E-state index in [-0.39, 0.29) is 12.3 Å². The first-order chi connectivity index (χ1) is 13.0. The fourth-order valence-corrected chi connectivity index (χ4v) is 4.05. The van der Waals surface area contributed by atoms with Gasteiger partial charge in [-0.25, -0.2) is 0 Å². The molecular weight excluding hydrogens is 380 g/mol. The van der Waals surface area contributed by atoms with Gasteiger partial charge in [0.05, 0.1) is 11.5 Å². The first-order valence-electron chi connectivity index (χ1n) is 8.63. The second-order valence-electron chi connectivity index (χ2n) is 6.12. The Hall–Kier alpha value is -2.32. The lowest BCUT2D eigenvalue weighted by Crippen LogP contribution is -2.15. The van der Waals surface area contributed by atoms with E-state index in [0.29, 0.717) is 13.2 Å². The predicted molar refractivity (Wildman–Crippen MR) is 109 cm³/mol. The molecule has 3 rings (SSSR count). The first-order valence-corrected chi connectivity index (χ1v) is 10.5. The monoisotopic (exact) mass is 402 g/mol. The van der Waals surface area contributed by atoms with Gasteiger partial charge in [0.1, 0.15) is 5.75 Å². The zero-order chi connectivity index (χ0) is 19.2. The van der Waals surface area contributed by atoms with E-state index >= 15 is 0 Å². The fraction of sp³-hybridized carbons (Fsp3) is 0.316. The molecular formula is C19H22N4O2S2. The third-order valence-corrected chi connectivity index (χ3v) is 5.75. The average molecular weight is 403 g/mol. The SMILES string of the molecule is Cc1ccc(C)c(OCCSc2nnc(-c3cccs3)n2CCC(N)=O)c1. The van der Waals surface area contributed by atoms with Gasteiger partial charge in [-0.05, 0) is 42.5 Å². The van der Waals surface area contributed by atoms with Crippen molar-refractivity contribution in [2.45, 2.75) is 32.0 Å². The number of carbonyl (C=O) groups excluding carboxylic acids is 1. The summed E-state index contributed by atoms with van der Waals surface area (Å²) >= 11 is 3.16. The van der Waals surface area contributed by atoms with Crippen molar-refractivity contribution in [1.82, 2.24) is 14.8 Å². The number of benzene rings is 1. The molecule has 1 aromatic carbocycles. The highest BCUT2D eigenvalue weighted by molar-refractivity contribution is 7.99. The molecule has 0 unspecified atom stereocenters. The summed E-state index contributed by atoms with van der Waals surface area (Å²) in [6, 6.07) is 10.1. The zero-order valence-corrected chi connectivity index (χ0v) is 17.0. The molecule has 0 saturated carbocycles. The zero-order valence-electron chi connectivity index (χ0n) is 15.3. The number of thiophene rings is 1. The Morgan fingerprint density at radius 2 is 2.15 bits per heavy atom.